The lowest BCUT2D eigenvalue weighted by atomic mass is 9.54. The van der Waals surface area contributed by atoms with Crippen LogP contribution in [-0.4, -0.2) is 7.28 Å². The summed E-state index contributed by atoms with van der Waals surface area (Å²) in [4.78, 5) is 2.61. The molecule has 0 saturated carbocycles. The average Bonchev–Trinajstić information content (AvgIpc) is 3.63. The predicted molar refractivity (Wildman–Crippen MR) is 262 cm³/mol. The Balaban J connectivity index is 1.06. The van der Waals surface area contributed by atoms with Crippen molar-refractivity contribution < 1.29 is 0 Å². The number of rotatable bonds is 5. The monoisotopic (exact) mass is 786 g/mol. The summed E-state index contributed by atoms with van der Waals surface area (Å²) < 4.78 is 0. The lowest BCUT2D eigenvalue weighted by molar-refractivity contribution is 0.754. The number of anilines is 5. The number of nitrogens with one attached hydrogen (secondary N) is 1. The van der Waals surface area contributed by atoms with Gasteiger partial charge in [0, 0.05) is 28.3 Å². The molecule has 3 aliphatic rings. The molecule has 0 bridgehead atoms. The highest BCUT2D eigenvalue weighted by atomic mass is 15.2. The van der Waals surface area contributed by atoms with Crippen LogP contribution in [-0.2, 0) is 5.41 Å². The zero-order valence-electron chi connectivity index (χ0n) is 34.0. The van der Waals surface area contributed by atoms with Crippen molar-refractivity contribution in [3.63, 3.8) is 0 Å². The number of hydrogen-bond donors (Lipinski definition) is 1. The van der Waals surface area contributed by atoms with Crippen LogP contribution in [0.4, 0.5) is 28.4 Å². The molecule has 288 valence electrons. The third-order valence-electron chi connectivity index (χ3n) is 13.6. The van der Waals surface area contributed by atoms with E-state index < -0.39 is 5.41 Å². The molecule has 2 nitrogen and oxygen atoms in total. The van der Waals surface area contributed by atoms with Crippen molar-refractivity contribution in [2.45, 2.75) is 5.41 Å². The third kappa shape index (κ3) is 5.06. The second-order valence-corrected chi connectivity index (χ2v) is 16.9. The van der Waals surface area contributed by atoms with Gasteiger partial charge in [0.1, 0.15) is 0 Å². The number of fused-ring (bicyclic) bond motifs is 12. The zero-order chi connectivity index (χ0) is 40.8. The number of benzene rings is 10. The van der Waals surface area contributed by atoms with Gasteiger partial charge < -0.3 is 10.2 Å². The quantitative estimate of drug-likeness (QED) is 0.175. The van der Waals surface area contributed by atoms with Crippen LogP contribution in [0, 0.1) is 0 Å². The predicted octanol–water partition coefficient (Wildman–Crippen LogP) is 13.4. The van der Waals surface area contributed by atoms with E-state index >= 15 is 0 Å². The molecule has 0 unspecified atom stereocenters. The lowest BCUT2D eigenvalue weighted by Gasteiger charge is -2.48. The molecule has 1 aliphatic carbocycles. The highest BCUT2D eigenvalue weighted by molar-refractivity contribution is 6.73. The van der Waals surface area contributed by atoms with Crippen LogP contribution in [0.25, 0.3) is 55.3 Å². The van der Waals surface area contributed by atoms with Gasteiger partial charge >= 0.3 is 0 Å². The molecule has 3 heteroatoms. The van der Waals surface area contributed by atoms with Crippen molar-refractivity contribution in [2.24, 2.45) is 0 Å². The minimum Gasteiger partial charge on any atom is -0.355 e. The molecule has 0 fully saturated rings. The molecule has 0 atom stereocenters. The van der Waals surface area contributed by atoms with Gasteiger partial charge in [-0.15, -0.1) is 0 Å². The Morgan fingerprint density at radius 2 is 0.935 bits per heavy atom. The van der Waals surface area contributed by atoms with E-state index in [9.17, 15) is 0 Å². The first-order valence-electron chi connectivity index (χ1n) is 21.6. The molecule has 1 N–H and O–H groups in total. The van der Waals surface area contributed by atoms with Crippen LogP contribution in [0.2, 0.25) is 0 Å². The molecule has 10 aromatic carbocycles. The summed E-state index contributed by atoms with van der Waals surface area (Å²) in [6, 6.07) is 83.1. The van der Waals surface area contributed by atoms with Crippen molar-refractivity contribution in [3.8, 4) is 44.5 Å². The van der Waals surface area contributed by atoms with E-state index in [2.05, 4.69) is 235 Å². The molecule has 0 aromatic heterocycles. The topological polar surface area (TPSA) is 15.3 Å². The van der Waals surface area contributed by atoms with Crippen LogP contribution < -0.4 is 21.1 Å². The summed E-state index contributed by atoms with van der Waals surface area (Å²) >= 11 is 0. The maximum Gasteiger partial charge on any atom is 0.198 e. The Morgan fingerprint density at radius 1 is 0.371 bits per heavy atom. The summed E-state index contributed by atoms with van der Waals surface area (Å²) in [5.41, 5.74) is 23.3. The van der Waals surface area contributed by atoms with Gasteiger partial charge in [-0.05, 0) is 120 Å². The third-order valence-corrected chi connectivity index (χ3v) is 13.6. The number of para-hydroxylation sites is 2. The average molecular weight is 787 g/mol. The van der Waals surface area contributed by atoms with E-state index in [-0.39, 0.29) is 0 Å². The van der Waals surface area contributed by atoms with E-state index in [0.29, 0.717) is 0 Å². The Bertz CT molecular complexity index is 3360. The van der Waals surface area contributed by atoms with E-state index in [1.54, 1.807) is 0 Å². The maximum atomic E-state index is 3.93. The van der Waals surface area contributed by atoms with Gasteiger partial charge in [0.15, 0.2) is 7.28 Å². The summed E-state index contributed by atoms with van der Waals surface area (Å²) in [6.07, 6.45) is 0. The minimum absolute atomic E-state index is 0.450. The minimum atomic E-state index is -0.450. The fourth-order valence-electron chi connectivity index (χ4n) is 11.0. The zero-order valence-corrected chi connectivity index (χ0v) is 34.0. The molecular weight excluding hydrogens is 747 g/mol. The van der Waals surface area contributed by atoms with Crippen molar-refractivity contribution in [3.05, 3.63) is 247 Å². The van der Waals surface area contributed by atoms with Crippen molar-refractivity contribution in [1.82, 2.24) is 0 Å². The Hall–Kier alpha value is -7.88. The Kier molecular flexibility index (Phi) is 7.65. The normalized spacial score (nSPS) is 13.4. The molecule has 13 rings (SSSR count). The molecule has 10 aromatic rings. The smallest absolute Gasteiger partial charge is 0.198 e. The molecule has 2 heterocycles. The summed E-state index contributed by atoms with van der Waals surface area (Å²) in [6.45, 7) is 0. The SMILES string of the molecule is B1c2cccc3c2N(c2ccccc2C32c3ccccc3-c3ccccc32)c2cc(-c3ccccc3)cc(-c3cc4ccccc4cc3Nc3ccc(-c4ccccc4)cc3)c21. The number of nitrogens with zero attached hydrogens (tertiary/aromatic N) is 1. The van der Waals surface area contributed by atoms with Crippen molar-refractivity contribution >= 4 is 57.4 Å². The first-order chi connectivity index (χ1) is 30.7. The van der Waals surface area contributed by atoms with Crippen molar-refractivity contribution in [2.75, 3.05) is 10.2 Å². The van der Waals surface area contributed by atoms with Crippen LogP contribution in [0.1, 0.15) is 22.3 Å². The van der Waals surface area contributed by atoms with Gasteiger partial charge in [-0.25, -0.2) is 0 Å². The second-order valence-electron chi connectivity index (χ2n) is 16.9. The summed E-state index contributed by atoms with van der Waals surface area (Å²) in [7, 11) is 0.805. The highest BCUT2D eigenvalue weighted by Gasteiger charge is 2.52. The van der Waals surface area contributed by atoms with E-state index in [1.165, 1.54) is 106 Å². The largest absolute Gasteiger partial charge is 0.355 e. The fraction of sp³-hybridized carbons (Fsp3) is 0.0169. The van der Waals surface area contributed by atoms with Gasteiger partial charge in [0.2, 0.25) is 0 Å². The van der Waals surface area contributed by atoms with Crippen LogP contribution in [0.3, 0.4) is 0 Å². The van der Waals surface area contributed by atoms with Gasteiger partial charge in [0.25, 0.3) is 0 Å². The van der Waals surface area contributed by atoms with E-state index in [4.69, 9.17) is 0 Å². The molecule has 62 heavy (non-hydrogen) atoms. The fourth-order valence-corrected chi connectivity index (χ4v) is 11.0. The maximum absolute atomic E-state index is 3.93. The van der Waals surface area contributed by atoms with Gasteiger partial charge in [-0.1, -0.05) is 187 Å². The first-order valence-corrected chi connectivity index (χ1v) is 21.6. The lowest BCUT2D eigenvalue weighted by Crippen LogP contribution is -2.47. The van der Waals surface area contributed by atoms with Crippen LogP contribution >= 0.6 is 0 Å². The summed E-state index contributed by atoms with van der Waals surface area (Å²) in [5.74, 6) is 0. The molecule has 2 aliphatic heterocycles. The molecule has 0 amide bonds. The van der Waals surface area contributed by atoms with Gasteiger partial charge in [-0.2, -0.15) is 0 Å². The standard InChI is InChI=1S/C59H39BN2/c1-3-16-38(17-4-1)40-30-32-44(33-31-40)61-54-36-42-21-8-7-20-41(42)34-47(54)48-35-43(39-18-5-2-6-19-39)37-56-57(48)60-53-28-15-27-52-58(53)62(56)55-29-14-13-26-51(55)59(52)49-24-11-9-22-45(49)46-23-10-12-25-50(46)59/h1-37,60-61H. The summed E-state index contributed by atoms with van der Waals surface area (Å²) in [5, 5.41) is 6.35. The Labute approximate surface area is 362 Å². The van der Waals surface area contributed by atoms with E-state index in [0.717, 1.165) is 18.7 Å². The molecule has 0 saturated heterocycles. The molecule has 1 spiro atoms. The van der Waals surface area contributed by atoms with Crippen LogP contribution in [0.15, 0.2) is 224 Å². The molecular formula is C59H39BN2. The second kappa shape index (κ2) is 13.6. The van der Waals surface area contributed by atoms with Gasteiger partial charge in [0.05, 0.1) is 11.1 Å². The first kappa shape index (κ1) is 34.9. The Morgan fingerprint density at radius 3 is 1.65 bits per heavy atom. The highest BCUT2D eigenvalue weighted by Crippen LogP contribution is 2.63. The van der Waals surface area contributed by atoms with Crippen molar-refractivity contribution in [1.29, 1.82) is 0 Å². The number of hydrogen-bond acceptors (Lipinski definition) is 2. The van der Waals surface area contributed by atoms with E-state index in [1.807, 2.05) is 0 Å². The van der Waals surface area contributed by atoms with Crippen LogP contribution in [0.5, 0.6) is 0 Å². The van der Waals surface area contributed by atoms with Gasteiger partial charge in [-0.3, -0.25) is 0 Å². The molecule has 0 radical (unpaired) electrons.